The van der Waals surface area contributed by atoms with Gasteiger partial charge in [0.2, 0.25) is 11.8 Å². The number of amides is 2. The fraction of sp³-hybridized carbons (Fsp3) is 0.552. The van der Waals surface area contributed by atoms with Gasteiger partial charge in [0, 0.05) is 86.2 Å². The lowest BCUT2D eigenvalue weighted by molar-refractivity contribution is -0.134. The van der Waals surface area contributed by atoms with Gasteiger partial charge in [0.25, 0.3) is 0 Å². The number of carbonyl (C=O) groups is 2. The molecule has 0 bridgehead atoms. The van der Waals surface area contributed by atoms with E-state index in [1.165, 1.54) is 12.1 Å². The second-order valence-corrected chi connectivity index (χ2v) is 11.9. The van der Waals surface area contributed by atoms with Gasteiger partial charge in [0.05, 0.1) is 18.8 Å². The Morgan fingerprint density at radius 1 is 1.13 bits per heavy atom. The predicted octanol–water partition coefficient (Wildman–Crippen LogP) is 2.06. The highest BCUT2D eigenvalue weighted by Crippen LogP contribution is 2.40. The van der Waals surface area contributed by atoms with Crippen LogP contribution in [-0.2, 0) is 21.4 Å². The summed E-state index contributed by atoms with van der Waals surface area (Å²) in [4.78, 5) is 36.8. The number of pyridine rings is 1. The maximum atomic E-state index is 14.3. The van der Waals surface area contributed by atoms with Crippen LogP contribution in [0.25, 0.3) is 0 Å². The normalized spacial score (nSPS) is 25.2. The number of fused-ring (bicyclic) bond motifs is 1. The number of carbonyl (C=O) groups excluding carboxylic acids is 2. The average molecular weight is 541 g/mol. The molecule has 4 heterocycles. The zero-order chi connectivity index (χ0) is 27.9. The van der Waals surface area contributed by atoms with E-state index in [2.05, 4.69) is 48.2 Å². The standard InChI is InChI=1S/C29H38F2N6O2/c1-18-13-35(23(10-32-18)15-36-14-19(2)33-12-27(36)38)16-28(39)37-17-29(3,4)24-11-34-22(9-26(24)37)7-20-5-6-21(30)8-25(20)31/h5-6,8-9,11,18-19,23,32-33H,7,10,12-17H2,1-4H3/t18-,19+,23-/m1/s1. The van der Waals surface area contributed by atoms with Crippen molar-refractivity contribution in [2.24, 2.45) is 0 Å². The van der Waals surface area contributed by atoms with Crippen molar-refractivity contribution < 1.29 is 18.4 Å². The highest BCUT2D eigenvalue weighted by molar-refractivity contribution is 5.97. The first kappa shape index (κ1) is 27.6. The van der Waals surface area contributed by atoms with E-state index in [0.29, 0.717) is 50.5 Å². The molecule has 1 aromatic heterocycles. The van der Waals surface area contributed by atoms with E-state index in [9.17, 15) is 18.4 Å². The molecule has 39 heavy (non-hydrogen) atoms. The van der Waals surface area contributed by atoms with Gasteiger partial charge < -0.3 is 20.4 Å². The molecule has 2 fully saturated rings. The molecule has 0 unspecified atom stereocenters. The van der Waals surface area contributed by atoms with Crippen LogP contribution in [0.15, 0.2) is 30.5 Å². The van der Waals surface area contributed by atoms with E-state index in [-0.39, 0.29) is 48.3 Å². The van der Waals surface area contributed by atoms with Crippen LogP contribution < -0.4 is 15.5 Å². The minimum Gasteiger partial charge on any atom is -0.338 e. The number of nitrogens with one attached hydrogen (secondary N) is 2. The van der Waals surface area contributed by atoms with Crippen LogP contribution in [-0.4, -0.2) is 90.5 Å². The Hall–Kier alpha value is -2.95. The number of nitrogens with zero attached hydrogens (tertiary/aromatic N) is 4. The second-order valence-electron chi connectivity index (χ2n) is 11.9. The Labute approximate surface area is 228 Å². The van der Waals surface area contributed by atoms with Crippen molar-refractivity contribution in [1.29, 1.82) is 0 Å². The molecule has 5 rings (SSSR count). The SMILES string of the molecule is C[C@@H]1CN(CC(=O)N2CC(C)(C)c3cnc(Cc4ccc(F)cc4F)cc32)[C@@H](CN2C[C@H](C)NCC2=O)CN1. The van der Waals surface area contributed by atoms with Crippen LogP contribution in [0.3, 0.4) is 0 Å². The monoisotopic (exact) mass is 540 g/mol. The molecule has 2 N–H and O–H groups in total. The van der Waals surface area contributed by atoms with Gasteiger partial charge in [-0.3, -0.25) is 19.5 Å². The molecule has 3 atom stereocenters. The Kier molecular flexibility index (Phi) is 7.72. The lowest BCUT2D eigenvalue weighted by Crippen LogP contribution is -2.63. The highest BCUT2D eigenvalue weighted by Gasteiger charge is 2.40. The number of hydrogen-bond donors (Lipinski definition) is 2. The summed E-state index contributed by atoms with van der Waals surface area (Å²) in [6.07, 6.45) is 1.99. The van der Waals surface area contributed by atoms with E-state index in [4.69, 9.17) is 0 Å². The van der Waals surface area contributed by atoms with Crippen molar-refractivity contribution in [2.75, 3.05) is 50.7 Å². The maximum absolute atomic E-state index is 14.3. The van der Waals surface area contributed by atoms with Crippen LogP contribution in [0.5, 0.6) is 0 Å². The number of anilines is 1. The Morgan fingerprint density at radius 2 is 1.90 bits per heavy atom. The molecule has 2 amide bonds. The first-order valence-corrected chi connectivity index (χ1v) is 13.7. The first-order valence-electron chi connectivity index (χ1n) is 13.7. The Balaban J connectivity index is 1.34. The molecule has 3 aliphatic heterocycles. The number of hydrogen-bond acceptors (Lipinski definition) is 6. The molecule has 0 radical (unpaired) electrons. The quantitative estimate of drug-likeness (QED) is 0.584. The van der Waals surface area contributed by atoms with Gasteiger partial charge in [-0.15, -0.1) is 0 Å². The summed E-state index contributed by atoms with van der Waals surface area (Å²) in [6.45, 7) is 12.1. The molecular formula is C29H38F2N6O2. The number of benzene rings is 1. The Morgan fingerprint density at radius 3 is 2.67 bits per heavy atom. The van der Waals surface area contributed by atoms with E-state index < -0.39 is 11.6 Å². The van der Waals surface area contributed by atoms with E-state index in [1.807, 2.05) is 15.9 Å². The van der Waals surface area contributed by atoms with Crippen molar-refractivity contribution in [3.05, 3.63) is 58.9 Å². The molecule has 1 aromatic carbocycles. The van der Waals surface area contributed by atoms with Gasteiger partial charge in [-0.05, 0) is 31.5 Å². The van der Waals surface area contributed by atoms with Crippen molar-refractivity contribution in [1.82, 2.24) is 25.4 Å². The van der Waals surface area contributed by atoms with Crippen LogP contribution in [0.1, 0.15) is 44.5 Å². The topological polar surface area (TPSA) is 80.8 Å². The molecule has 2 aromatic rings. The zero-order valence-corrected chi connectivity index (χ0v) is 23.1. The molecule has 0 saturated carbocycles. The summed E-state index contributed by atoms with van der Waals surface area (Å²) >= 11 is 0. The van der Waals surface area contributed by atoms with E-state index in [0.717, 1.165) is 17.3 Å². The largest absolute Gasteiger partial charge is 0.338 e. The number of halogens is 2. The molecule has 0 spiro atoms. The minimum absolute atomic E-state index is 0.00829. The van der Waals surface area contributed by atoms with Crippen molar-refractivity contribution in [3.8, 4) is 0 Å². The third kappa shape index (κ3) is 5.97. The fourth-order valence-electron chi connectivity index (χ4n) is 5.94. The molecule has 3 aliphatic rings. The first-order chi connectivity index (χ1) is 18.5. The van der Waals surface area contributed by atoms with Crippen LogP contribution in [0.4, 0.5) is 14.5 Å². The highest BCUT2D eigenvalue weighted by atomic mass is 19.1. The summed E-state index contributed by atoms with van der Waals surface area (Å²) in [5.41, 5.74) is 2.47. The zero-order valence-electron chi connectivity index (χ0n) is 23.1. The maximum Gasteiger partial charge on any atom is 0.241 e. The summed E-state index contributed by atoms with van der Waals surface area (Å²) in [5, 5.41) is 6.71. The lowest BCUT2D eigenvalue weighted by atomic mass is 9.88. The van der Waals surface area contributed by atoms with Crippen molar-refractivity contribution >= 4 is 17.5 Å². The minimum atomic E-state index is -0.618. The van der Waals surface area contributed by atoms with Crippen LogP contribution >= 0.6 is 0 Å². The molecule has 0 aliphatic carbocycles. The third-order valence-electron chi connectivity index (χ3n) is 8.14. The summed E-state index contributed by atoms with van der Waals surface area (Å²) in [5.74, 6) is -1.15. The summed E-state index contributed by atoms with van der Waals surface area (Å²) < 4.78 is 27.7. The third-order valence-corrected chi connectivity index (χ3v) is 8.14. The predicted molar refractivity (Wildman–Crippen MR) is 146 cm³/mol. The number of piperazine rings is 2. The van der Waals surface area contributed by atoms with E-state index >= 15 is 0 Å². The van der Waals surface area contributed by atoms with Gasteiger partial charge in [-0.1, -0.05) is 19.9 Å². The number of rotatable bonds is 6. The molecule has 2 saturated heterocycles. The van der Waals surface area contributed by atoms with Gasteiger partial charge in [0.15, 0.2) is 0 Å². The van der Waals surface area contributed by atoms with E-state index in [1.54, 1.807) is 6.20 Å². The Bertz CT molecular complexity index is 1250. The molecule has 10 heteroatoms. The lowest BCUT2D eigenvalue weighted by Gasteiger charge is -2.43. The molecule has 210 valence electrons. The van der Waals surface area contributed by atoms with Gasteiger partial charge in [-0.25, -0.2) is 8.78 Å². The van der Waals surface area contributed by atoms with Gasteiger partial charge in [0.1, 0.15) is 11.6 Å². The number of aromatic nitrogens is 1. The van der Waals surface area contributed by atoms with Crippen LogP contribution in [0.2, 0.25) is 0 Å². The molecule has 8 nitrogen and oxygen atoms in total. The molecular weight excluding hydrogens is 502 g/mol. The average Bonchev–Trinajstić information content (AvgIpc) is 3.15. The van der Waals surface area contributed by atoms with Crippen LogP contribution in [0, 0.1) is 11.6 Å². The van der Waals surface area contributed by atoms with Gasteiger partial charge >= 0.3 is 0 Å². The summed E-state index contributed by atoms with van der Waals surface area (Å²) in [6, 6.07) is 5.92. The smallest absolute Gasteiger partial charge is 0.241 e. The van der Waals surface area contributed by atoms with Crippen molar-refractivity contribution in [2.45, 2.75) is 57.7 Å². The summed E-state index contributed by atoms with van der Waals surface area (Å²) in [7, 11) is 0. The van der Waals surface area contributed by atoms with Gasteiger partial charge in [-0.2, -0.15) is 0 Å². The van der Waals surface area contributed by atoms with Crippen molar-refractivity contribution in [3.63, 3.8) is 0 Å². The second kappa shape index (κ2) is 10.9. The fourth-order valence-corrected chi connectivity index (χ4v) is 5.94.